The Balaban J connectivity index is 1.50. The molecule has 0 bridgehead atoms. The molecule has 8 aromatic carbocycles. The van der Waals surface area contributed by atoms with Gasteiger partial charge in [-0.25, -0.2) is 0 Å². The van der Waals surface area contributed by atoms with Crippen LogP contribution in [-0.4, -0.2) is 4.57 Å². The van der Waals surface area contributed by atoms with E-state index in [1.165, 1.54) is 92.8 Å². The van der Waals surface area contributed by atoms with E-state index in [9.17, 15) is 0 Å². The minimum atomic E-state index is 1.00. The monoisotopic (exact) mass is 571 g/mol. The first-order valence-electron chi connectivity index (χ1n) is 15.9. The summed E-state index contributed by atoms with van der Waals surface area (Å²) >= 11 is 0. The largest absolute Gasteiger partial charge is 0.311 e. The van der Waals surface area contributed by atoms with Crippen molar-refractivity contribution in [2.75, 3.05) is 0 Å². The summed E-state index contributed by atoms with van der Waals surface area (Å²) in [6, 6.07) is 51.5. The first kappa shape index (κ1) is 24.7. The number of aromatic nitrogens is 1. The van der Waals surface area contributed by atoms with Crippen molar-refractivity contribution in [3.63, 3.8) is 0 Å². The summed E-state index contributed by atoms with van der Waals surface area (Å²) in [5.41, 5.74) is 7.92. The molecule has 1 aliphatic carbocycles. The molecule has 0 atom stereocenters. The Kier molecular flexibility index (Phi) is 5.18. The number of hydrogen-bond donors (Lipinski definition) is 0. The second kappa shape index (κ2) is 9.42. The van der Waals surface area contributed by atoms with Crippen molar-refractivity contribution in [1.29, 1.82) is 0 Å². The average Bonchev–Trinajstić information content (AvgIpc) is 3.45. The zero-order chi connectivity index (χ0) is 29.5. The second-order valence-corrected chi connectivity index (χ2v) is 12.3. The third-order valence-corrected chi connectivity index (χ3v) is 9.98. The van der Waals surface area contributed by atoms with E-state index in [0.717, 1.165) is 12.8 Å². The molecule has 0 N–H and O–H groups in total. The molecule has 9 aromatic rings. The molecule has 1 heterocycles. The van der Waals surface area contributed by atoms with Gasteiger partial charge in [0, 0.05) is 38.2 Å². The lowest BCUT2D eigenvalue weighted by Crippen LogP contribution is -2.05. The molecule has 0 amide bonds. The molecule has 0 saturated heterocycles. The molecular weight excluding hydrogens is 542 g/mol. The van der Waals surface area contributed by atoms with Gasteiger partial charge in [-0.2, -0.15) is 0 Å². The maximum absolute atomic E-state index is 2.66. The van der Waals surface area contributed by atoms with Crippen LogP contribution in [0.1, 0.15) is 17.7 Å². The van der Waals surface area contributed by atoms with E-state index in [4.69, 9.17) is 0 Å². The molecule has 0 aliphatic heterocycles. The topological polar surface area (TPSA) is 4.93 Å². The van der Waals surface area contributed by atoms with Gasteiger partial charge in [-0.05, 0) is 56.3 Å². The molecule has 0 spiro atoms. The van der Waals surface area contributed by atoms with Gasteiger partial charge in [-0.1, -0.05) is 152 Å². The normalized spacial score (nSPS) is 13.1. The van der Waals surface area contributed by atoms with Gasteiger partial charge in [-0.3, -0.25) is 0 Å². The maximum Gasteiger partial charge on any atom is 0.0623 e. The van der Waals surface area contributed by atoms with Crippen LogP contribution < -0.4 is 0 Å². The zero-order valence-electron chi connectivity index (χ0n) is 24.8. The minimum Gasteiger partial charge on any atom is -0.311 e. The predicted octanol–water partition coefficient (Wildman–Crippen LogP) is 12.0. The summed E-state index contributed by atoms with van der Waals surface area (Å²) < 4.78 is 2.66. The standard InChI is InChI=1S/C44H29N/c1-2-15-29(16-3-1)40-32-19-7-10-22-36(32)43(37-23-11-8-20-33(37)40)45-39-25-13-12-24-38(39)42-41-30-17-5-4-14-28(30)26-27-34(41)31-18-6-9-21-35(31)44(42)45/h1-12,14-24,26-27H,13,25H2. The highest BCUT2D eigenvalue weighted by atomic mass is 15.0. The highest BCUT2D eigenvalue weighted by Crippen LogP contribution is 2.48. The fraction of sp³-hybridized carbons (Fsp3) is 0.0455. The van der Waals surface area contributed by atoms with Gasteiger partial charge in [0.1, 0.15) is 0 Å². The van der Waals surface area contributed by atoms with Gasteiger partial charge in [0.25, 0.3) is 0 Å². The smallest absolute Gasteiger partial charge is 0.0623 e. The lowest BCUT2D eigenvalue weighted by Gasteiger charge is -2.21. The van der Waals surface area contributed by atoms with Crippen molar-refractivity contribution in [2.24, 2.45) is 0 Å². The van der Waals surface area contributed by atoms with Crippen molar-refractivity contribution in [3.05, 3.63) is 157 Å². The molecule has 1 aliphatic rings. The lowest BCUT2D eigenvalue weighted by molar-refractivity contribution is 0.895. The van der Waals surface area contributed by atoms with Gasteiger partial charge >= 0.3 is 0 Å². The van der Waals surface area contributed by atoms with Crippen LogP contribution in [0.5, 0.6) is 0 Å². The summed E-state index contributed by atoms with van der Waals surface area (Å²) in [6.07, 6.45) is 6.81. The molecule has 0 saturated carbocycles. The van der Waals surface area contributed by atoms with Crippen LogP contribution in [-0.2, 0) is 6.42 Å². The number of rotatable bonds is 2. The number of nitrogens with zero attached hydrogens (tertiary/aromatic N) is 1. The second-order valence-electron chi connectivity index (χ2n) is 12.3. The Morgan fingerprint density at radius 1 is 0.444 bits per heavy atom. The van der Waals surface area contributed by atoms with Gasteiger partial charge in [0.15, 0.2) is 0 Å². The molecule has 210 valence electrons. The van der Waals surface area contributed by atoms with Gasteiger partial charge in [0.2, 0.25) is 0 Å². The number of benzene rings is 8. The van der Waals surface area contributed by atoms with Crippen LogP contribution in [0.15, 0.2) is 146 Å². The highest BCUT2D eigenvalue weighted by Gasteiger charge is 2.27. The van der Waals surface area contributed by atoms with Gasteiger partial charge < -0.3 is 4.57 Å². The molecular formula is C44H29N. The molecule has 1 nitrogen and oxygen atoms in total. The summed E-state index contributed by atoms with van der Waals surface area (Å²) in [4.78, 5) is 0. The van der Waals surface area contributed by atoms with E-state index in [2.05, 4.69) is 156 Å². The van der Waals surface area contributed by atoms with Crippen LogP contribution >= 0.6 is 0 Å². The van der Waals surface area contributed by atoms with Crippen LogP contribution in [0.25, 0.3) is 87.7 Å². The van der Waals surface area contributed by atoms with Crippen LogP contribution in [0, 0.1) is 0 Å². The Morgan fingerprint density at radius 3 is 1.78 bits per heavy atom. The van der Waals surface area contributed by atoms with E-state index in [-0.39, 0.29) is 0 Å². The summed E-state index contributed by atoms with van der Waals surface area (Å²) in [5, 5.41) is 14.4. The molecule has 1 aromatic heterocycles. The van der Waals surface area contributed by atoms with Gasteiger partial charge in [0.05, 0.1) is 11.2 Å². The van der Waals surface area contributed by atoms with Crippen LogP contribution in [0.4, 0.5) is 0 Å². The fourth-order valence-electron chi connectivity index (χ4n) is 8.19. The SMILES string of the molecule is C1=Cc2c(n(-c3c4ccccc4c(-c4ccccc4)c4ccccc34)c3c4ccccc4c4ccc5ccccc5c4c23)CC1. The van der Waals surface area contributed by atoms with Crippen molar-refractivity contribution < 1.29 is 0 Å². The summed E-state index contributed by atoms with van der Waals surface area (Å²) in [7, 11) is 0. The number of fused-ring (bicyclic) bond motifs is 12. The third kappa shape index (κ3) is 3.38. The lowest BCUT2D eigenvalue weighted by atomic mass is 9.90. The Bertz CT molecular complexity index is 2630. The van der Waals surface area contributed by atoms with Crippen molar-refractivity contribution in [3.8, 4) is 16.8 Å². The van der Waals surface area contributed by atoms with E-state index in [0.29, 0.717) is 0 Å². The predicted molar refractivity (Wildman–Crippen MR) is 194 cm³/mol. The van der Waals surface area contributed by atoms with E-state index in [1.54, 1.807) is 0 Å². The quantitative estimate of drug-likeness (QED) is 0.144. The number of hydrogen-bond acceptors (Lipinski definition) is 0. The molecule has 45 heavy (non-hydrogen) atoms. The van der Waals surface area contributed by atoms with Crippen molar-refractivity contribution in [1.82, 2.24) is 4.57 Å². The maximum atomic E-state index is 2.66. The number of allylic oxidation sites excluding steroid dienone is 1. The third-order valence-electron chi connectivity index (χ3n) is 9.98. The van der Waals surface area contributed by atoms with Gasteiger partial charge in [-0.15, -0.1) is 0 Å². The van der Waals surface area contributed by atoms with Crippen molar-refractivity contribution >= 4 is 70.8 Å². The van der Waals surface area contributed by atoms with E-state index in [1.807, 2.05) is 0 Å². The molecule has 0 radical (unpaired) electrons. The average molecular weight is 572 g/mol. The first-order chi connectivity index (χ1) is 22.4. The highest BCUT2D eigenvalue weighted by molar-refractivity contribution is 6.33. The first-order valence-corrected chi connectivity index (χ1v) is 15.9. The fourth-order valence-corrected chi connectivity index (χ4v) is 8.19. The van der Waals surface area contributed by atoms with E-state index >= 15 is 0 Å². The van der Waals surface area contributed by atoms with Crippen LogP contribution in [0.2, 0.25) is 0 Å². The van der Waals surface area contributed by atoms with Crippen LogP contribution in [0.3, 0.4) is 0 Å². The summed E-state index contributed by atoms with van der Waals surface area (Å²) in [6.45, 7) is 0. The Labute approximate surface area is 261 Å². The zero-order valence-corrected chi connectivity index (χ0v) is 24.8. The van der Waals surface area contributed by atoms with Crippen molar-refractivity contribution in [2.45, 2.75) is 12.8 Å². The van der Waals surface area contributed by atoms with E-state index < -0.39 is 0 Å². The molecule has 0 fully saturated rings. The summed E-state index contributed by atoms with van der Waals surface area (Å²) in [5.74, 6) is 0. The molecule has 10 rings (SSSR count). The molecule has 0 unspecified atom stereocenters. The molecule has 1 heteroatoms. The Hall–Kier alpha value is -5.66. The Morgan fingerprint density at radius 2 is 1.04 bits per heavy atom. The minimum absolute atomic E-state index is 1.00.